The van der Waals surface area contributed by atoms with Crippen molar-refractivity contribution in [2.75, 3.05) is 7.11 Å². The van der Waals surface area contributed by atoms with Crippen LogP contribution in [0.4, 0.5) is 0 Å². The SMILES string of the molecule is COC(=O)[C@@H](N)[C@@H](C)OC(=O)C=Cc1ccccc1. The van der Waals surface area contributed by atoms with Gasteiger partial charge in [0.25, 0.3) is 0 Å². The fraction of sp³-hybridized carbons (Fsp3) is 0.286. The molecule has 19 heavy (non-hydrogen) atoms. The smallest absolute Gasteiger partial charge is 0.331 e. The number of esters is 2. The van der Waals surface area contributed by atoms with Gasteiger partial charge in [0.05, 0.1) is 7.11 Å². The number of methoxy groups -OCH3 is 1. The first-order valence-electron chi connectivity index (χ1n) is 5.81. The van der Waals surface area contributed by atoms with Crippen LogP contribution in [0.2, 0.25) is 0 Å². The summed E-state index contributed by atoms with van der Waals surface area (Å²) in [6.45, 7) is 1.54. The van der Waals surface area contributed by atoms with Crippen molar-refractivity contribution >= 4 is 18.0 Å². The lowest BCUT2D eigenvalue weighted by molar-refractivity contribution is -0.151. The van der Waals surface area contributed by atoms with Crippen LogP contribution >= 0.6 is 0 Å². The van der Waals surface area contributed by atoms with E-state index in [1.54, 1.807) is 6.08 Å². The van der Waals surface area contributed by atoms with Crippen molar-refractivity contribution in [3.63, 3.8) is 0 Å². The zero-order valence-corrected chi connectivity index (χ0v) is 10.9. The Labute approximate surface area is 112 Å². The van der Waals surface area contributed by atoms with E-state index < -0.39 is 24.1 Å². The van der Waals surface area contributed by atoms with Gasteiger partial charge in [-0.2, -0.15) is 0 Å². The Morgan fingerprint density at radius 1 is 1.26 bits per heavy atom. The first-order valence-corrected chi connectivity index (χ1v) is 5.81. The number of hydrogen-bond acceptors (Lipinski definition) is 5. The third-order valence-corrected chi connectivity index (χ3v) is 2.49. The van der Waals surface area contributed by atoms with Crippen LogP contribution in [0.5, 0.6) is 0 Å². The molecule has 0 saturated carbocycles. The van der Waals surface area contributed by atoms with E-state index in [1.165, 1.54) is 20.1 Å². The molecule has 2 N–H and O–H groups in total. The third-order valence-electron chi connectivity index (χ3n) is 2.49. The van der Waals surface area contributed by atoms with Crippen molar-refractivity contribution in [2.45, 2.75) is 19.1 Å². The molecule has 0 fully saturated rings. The molecular weight excluding hydrogens is 246 g/mol. The topological polar surface area (TPSA) is 78.6 Å². The third kappa shape index (κ3) is 4.93. The maximum atomic E-state index is 11.5. The van der Waals surface area contributed by atoms with Crippen LogP contribution in [0.1, 0.15) is 12.5 Å². The van der Waals surface area contributed by atoms with Crippen molar-refractivity contribution in [3.8, 4) is 0 Å². The monoisotopic (exact) mass is 263 g/mol. The molecule has 0 aromatic heterocycles. The van der Waals surface area contributed by atoms with Gasteiger partial charge in [0, 0.05) is 6.08 Å². The number of benzene rings is 1. The average molecular weight is 263 g/mol. The predicted octanol–water partition coefficient (Wildman–Crippen LogP) is 1.13. The highest BCUT2D eigenvalue weighted by molar-refractivity contribution is 5.87. The zero-order valence-electron chi connectivity index (χ0n) is 10.9. The summed E-state index contributed by atoms with van der Waals surface area (Å²) < 4.78 is 9.48. The van der Waals surface area contributed by atoms with E-state index in [0.29, 0.717) is 0 Å². The van der Waals surface area contributed by atoms with Crippen molar-refractivity contribution in [2.24, 2.45) is 5.73 Å². The molecule has 102 valence electrons. The van der Waals surface area contributed by atoms with Crippen molar-refractivity contribution in [1.29, 1.82) is 0 Å². The van der Waals surface area contributed by atoms with Gasteiger partial charge < -0.3 is 15.2 Å². The zero-order chi connectivity index (χ0) is 14.3. The van der Waals surface area contributed by atoms with E-state index >= 15 is 0 Å². The molecule has 1 rings (SSSR count). The molecule has 1 aromatic rings. The lowest BCUT2D eigenvalue weighted by Crippen LogP contribution is -2.43. The Morgan fingerprint density at radius 2 is 1.89 bits per heavy atom. The molecule has 0 aliphatic rings. The summed E-state index contributed by atoms with van der Waals surface area (Å²) >= 11 is 0. The number of carbonyl (C=O) groups excluding carboxylic acids is 2. The van der Waals surface area contributed by atoms with E-state index in [4.69, 9.17) is 10.5 Å². The number of nitrogens with two attached hydrogens (primary N) is 1. The van der Waals surface area contributed by atoms with Crippen LogP contribution in [0.3, 0.4) is 0 Å². The van der Waals surface area contributed by atoms with E-state index in [0.717, 1.165) is 5.56 Å². The number of hydrogen-bond donors (Lipinski definition) is 1. The number of ether oxygens (including phenoxy) is 2. The second kappa shape index (κ2) is 7.33. The summed E-state index contributed by atoms with van der Waals surface area (Å²) in [5.74, 6) is -1.18. The van der Waals surface area contributed by atoms with Crippen LogP contribution in [0, 0.1) is 0 Å². The molecule has 0 bridgehead atoms. The first-order chi connectivity index (χ1) is 9.04. The molecule has 0 heterocycles. The first kappa shape index (κ1) is 14.9. The molecule has 2 atom stereocenters. The molecule has 0 spiro atoms. The highest BCUT2D eigenvalue weighted by atomic mass is 16.6. The molecule has 0 radical (unpaired) electrons. The Morgan fingerprint density at radius 3 is 2.47 bits per heavy atom. The second-order valence-electron chi connectivity index (χ2n) is 3.93. The molecule has 0 aliphatic carbocycles. The second-order valence-corrected chi connectivity index (χ2v) is 3.93. The van der Waals surface area contributed by atoms with Gasteiger partial charge in [-0.3, -0.25) is 4.79 Å². The molecule has 0 unspecified atom stereocenters. The minimum atomic E-state index is -0.987. The van der Waals surface area contributed by atoms with Crippen LogP contribution in [-0.4, -0.2) is 31.2 Å². The number of carbonyl (C=O) groups is 2. The summed E-state index contributed by atoms with van der Waals surface area (Å²) in [5.41, 5.74) is 6.43. The van der Waals surface area contributed by atoms with Gasteiger partial charge in [-0.25, -0.2) is 4.79 Å². The molecule has 1 aromatic carbocycles. The minimum absolute atomic E-state index is 0.560. The molecule has 0 saturated heterocycles. The van der Waals surface area contributed by atoms with E-state index in [2.05, 4.69) is 4.74 Å². The van der Waals surface area contributed by atoms with Crippen LogP contribution in [0.15, 0.2) is 36.4 Å². The molecule has 5 heteroatoms. The van der Waals surface area contributed by atoms with E-state index in [9.17, 15) is 9.59 Å². The Kier molecular flexibility index (Phi) is 5.75. The standard InChI is InChI=1S/C14H17NO4/c1-10(13(15)14(17)18-2)19-12(16)9-8-11-6-4-3-5-7-11/h3-10,13H,15H2,1-2H3/t10-,13+/m1/s1. The lowest BCUT2D eigenvalue weighted by atomic mass is 10.2. The van der Waals surface area contributed by atoms with Gasteiger partial charge in [-0.05, 0) is 18.6 Å². The maximum absolute atomic E-state index is 11.5. The van der Waals surface area contributed by atoms with Gasteiger partial charge in [-0.1, -0.05) is 30.3 Å². The fourth-order valence-corrected chi connectivity index (χ4v) is 1.35. The van der Waals surface area contributed by atoms with Crippen LogP contribution < -0.4 is 5.73 Å². The van der Waals surface area contributed by atoms with Gasteiger partial charge in [0.2, 0.25) is 0 Å². The van der Waals surface area contributed by atoms with Crippen molar-refractivity contribution in [3.05, 3.63) is 42.0 Å². The Hall–Kier alpha value is -2.14. The highest BCUT2D eigenvalue weighted by Gasteiger charge is 2.24. The van der Waals surface area contributed by atoms with Gasteiger partial charge in [0.1, 0.15) is 12.1 Å². The summed E-state index contributed by atoms with van der Waals surface area (Å²) in [5, 5.41) is 0. The summed E-state index contributed by atoms with van der Waals surface area (Å²) in [6.07, 6.45) is 2.16. The van der Waals surface area contributed by atoms with Gasteiger partial charge in [0.15, 0.2) is 0 Å². The fourth-order valence-electron chi connectivity index (χ4n) is 1.35. The maximum Gasteiger partial charge on any atom is 0.331 e. The molecular formula is C14H17NO4. The minimum Gasteiger partial charge on any atom is -0.468 e. The van der Waals surface area contributed by atoms with Gasteiger partial charge in [-0.15, -0.1) is 0 Å². The van der Waals surface area contributed by atoms with Crippen molar-refractivity contribution < 1.29 is 19.1 Å². The lowest BCUT2D eigenvalue weighted by Gasteiger charge is -2.17. The van der Waals surface area contributed by atoms with Crippen molar-refractivity contribution in [1.82, 2.24) is 0 Å². The largest absolute Gasteiger partial charge is 0.468 e. The number of rotatable bonds is 5. The molecule has 5 nitrogen and oxygen atoms in total. The van der Waals surface area contributed by atoms with Crippen LogP contribution in [-0.2, 0) is 19.1 Å². The normalized spacial score (nSPS) is 13.8. The average Bonchev–Trinajstić information content (AvgIpc) is 2.44. The summed E-state index contributed by atoms with van der Waals surface area (Å²) in [6, 6.07) is 8.33. The van der Waals surface area contributed by atoms with Crippen LogP contribution in [0.25, 0.3) is 6.08 Å². The molecule has 0 aliphatic heterocycles. The van der Waals surface area contributed by atoms with E-state index in [1.807, 2.05) is 30.3 Å². The Balaban J connectivity index is 2.51. The summed E-state index contributed by atoms with van der Waals surface area (Å²) in [4.78, 5) is 22.7. The summed E-state index contributed by atoms with van der Waals surface area (Å²) in [7, 11) is 1.23. The highest BCUT2D eigenvalue weighted by Crippen LogP contribution is 2.03. The van der Waals surface area contributed by atoms with E-state index in [-0.39, 0.29) is 0 Å². The van der Waals surface area contributed by atoms with Gasteiger partial charge >= 0.3 is 11.9 Å². The Bertz CT molecular complexity index is 456. The molecule has 0 amide bonds. The quantitative estimate of drug-likeness (QED) is 0.636. The predicted molar refractivity (Wildman–Crippen MR) is 71.0 cm³/mol.